The number of rotatable bonds is 5. The van der Waals surface area contributed by atoms with Crippen molar-refractivity contribution in [2.24, 2.45) is 5.73 Å². The van der Waals surface area contributed by atoms with Crippen molar-refractivity contribution < 1.29 is 8.42 Å². The van der Waals surface area contributed by atoms with Crippen molar-refractivity contribution in [2.75, 3.05) is 0 Å². The van der Waals surface area contributed by atoms with Crippen molar-refractivity contribution >= 4 is 31.4 Å². The van der Waals surface area contributed by atoms with E-state index in [-0.39, 0.29) is 18.0 Å². The molecule has 21 heavy (non-hydrogen) atoms. The molecule has 0 aliphatic rings. The minimum absolute atomic E-state index is 0.0521. The number of aromatic nitrogens is 3. The lowest BCUT2D eigenvalue weighted by atomic mass is 10.2. The highest BCUT2D eigenvalue weighted by Crippen LogP contribution is 2.34. The number of hydrogen-bond acceptors (Lipinski definition) is 6. The first-order valence-corrected chi connectivity index (χ1v) is 8.46. The smallest absolute Gasteiger partial charge is 0.242 e. The van der Waals surface area contributed by atoms with Gasteiger partial charge in [0.05, 0.1) is 6.54 Å². The van der Waals surface area contributed by atoms with E-state index in [4.69, 9.17) is 5.73 Å². The molecule has 0 fully saturated rings. The molecule has 0 amide bonds. The van der Waals surface area contributed by atoms with Gasteiger partial charge in [0.25, 0.3) is 0 Å². The Hall–Kier alpha value is -1.81. The Morgan fingerprint density at radius 1 is 1.33 bits per heavy atom. The zero-order chi connectivity index (χ0) is 14.9. The zero-order valence-electron chi connectivity index (χ0n) is 10.9. The van der Waals surface area contributed by atoms with E-state index in [0.717, 1.165) is 4.70 Å². The van der Waals surface area contributed by atoms with Gasteiger partial charge in [-0.05, 0) is 6.07 Å². The highest BCUT2D eigenvalue weighted by atomic mass is 32.2. The van der Waals surface area contributed by atoms with Crippen LogP contribution in [0, 0.1) is 0 Å². The molecule has 0 unspecified atom stereocenters. The maximum Gasteiger partial charge on any atom is 0.242 e. The number of nitrogens with two attached hydrogens (primary N) is 1. The molecule has 0 spiro atoms. The number of nitrogens with one attached hydrogen (secondary N) is 2. The fourth-order valence-electron chi connectivity index (χ4n) is 2.05. The van der Waals surface area contributed by atoms with Gasteiger partial charge in [-0.2, -0.15) is 5.10 Å². The average Bonchev–Trinajstić information content (AvgIpc) is 3.12. The van der Waals surface area contributed by atoms with Crippen LogP contribution in [0.2, 0.25) is 0 Å². The molecule has 9 heteroatoms. The van der Waals surface area contributed by atoms with Gasteiger partial charge < -0.3 is 5.73 Å². The van der Waals surface area contributed by atoms with Crippen LogP contribution in [-0.4, -0.2) is 23.6 Å². The molecule has 0 atom stereocenters. The molecule has 2 heterocycles. The summed E-state index contributed by atoms with van der Waals surface area (Å²) in [7, 11) is -3.67. The van der Waals surface area contributed by atoms with Gasteiger partial charge >= 0.3 is 0 Å². The molecule has 1 aromatic carbocycles. The van der Waals surface area contributed by atoms with Gasteiger partial charge in [-0.1, -0.05) is 18.2 Å². The third-order valence-electron chi connectivity index (χ3n) is 2.97. The minimum atomic E-state index is -3.67. The second kappa shape index (κ2) is 5.53. The Morgan fingerprint density at radius 3 is 2.86 bits per heavy atom. The van der Waals surface area contributed by atoms with Crippen LogP contribution < -0.4 is 10.5 Å². The van der Waals surface area contributed by atoms with Crippen LogP contribution in [0.3, 0.4) is 0 Å². The lowest BCUT2D eigenvalue weighted by Crippen LogP contribution is -2.24. The number of thiophene rings is 1. The lowest BCUT2D eigenvalue weighted by Gasteiger charge is -2.06. The van der Waals surface area contributed by atoms with Crippen LogP contribution >= 0.6 is 11.3 Å². The van der Waals surface area contributed by atoms with Gasteiger partial charge in [0, 0.05) is 21.5 Å². The Kier molecular flexibility index (Phi) is 3.72. The number of nitrogens with zero attached hydrogens (tertiary/aromatic N) is 2. The molecule has 0 saturated heterocycles. The number of sulfonamides is 1. The second-order valence-corrected chi connectivity index (χ2v) is 7.15. The van der Waals surface area contributed by atoms with Gasteiger partial charge in [0.1, 0.15) is 17.0 Å². The third-order valence-corrected chi connectivity index (χ3v) is 5.82. The van der Waals surface area contributed by atoms with E-state index in [1.807, 2.05) is 18.2 Å². The van der Waals surface area contributed by atoms with Crippen LogP contribution in [0.4, 0.5) is 0 Å². The monoisotopic (exact) mass is 323 g/mol. The highest BCUT2D eigenvalue weighted by molar-refractivity contribution is 7.90. The predicted octanol–water partition coefficient (Wildman–Crippen LogP) is 0.957. The summed E-state index contributed by atoms with van der Waals surface area (Å²) in [5.74, 6) is 0.451. The van der Waals surface area contributed by atoms with Crippen LogP contribution in [0.25, 0.3) is 10.1 Å². The standard InChI is InChI=1S/C12H13N5O2S2/c13-5-10-12(8-3-1-2-4-9(8)20-10)21(18,19)16-6-11-14-7-15-17-11/h1-4,7,16H,5-6,13H2,(H,14,15,17). The molecule has 0 aliphatic heterocycles. The number of fused-ring (bicyclic) bond motifs is 1. The van der Waals surface area contributed by atoms with Crippen molar-refractivity contribution in [2.45, 2.75) is 18.0 Å². The lowest BCUT2D eigenvalue weighted by molar-refractivity contribution is 0.579. The molecule has 0 saturated carbocycles. The number of hydrogen-bond donors (Lipinski definition) is 3. The first-order valence-electron chi connectivity index (χ1n) is 6.16. The molecule has 0 bridgehead atoms. The molecule has 7 nitrogen and oxygen atoms in total. The van der Waals surface area contributed by atoms with Crippen LogP contribution in [0.5, 0.6) is 0 Å². The number of benzene rings is 1. The molecule has 3 aromatic rings. The molecule has 4 N–H and O–H groups in total. The summed E-state index contributed by atoms with van der Waals surface area (Å²) in [6.07, 6.45) is 1.33. The van der Waals surface area contributed by atoms with Crippen molar-refractivity contribution in [3.05, 3.63) is 41.3 Å². The maximum absolute atomic E-state index is 12.6. The molecule has 2 aromatic heterocycles. The largest absolute Gasteiger partial charge is 0.326 e. The Labute approximate surface area is 125 Å². The van der Waals surface area contributed by atoms with E-state index < -0.39 is 10.0 Å². The van der Waals surface area contributed by atoms with E-state index >= 15 is 0 Å². The van der Waals surface area contributed by atoms with Crippen molar-refractivity contribution in [1.82, 2.24) is 19.9 Å². The van der Waals surface area contributed by atoms with Crippen LogP contribution in [-0.2, 0) is 23.1 Å². The molecule has 0 radical (unpaired) electrons. The minimum Gasteiger partial charge on any atom is -0.326 e. The van der Waals surface area contributed by atoms with E-state index in [0.29, 0.717) is 16.1 Å². The van der Waals surface area contributed by atoms with Gasteiger partial charge in [-0.25, -0.2) is 18.1 Å². The normalized spacial score (nSPS) is 12.0. The summed E-state index contributed by atoms with van der Waals surface area (Å²) >= 11 is 1.39. The van der Waals surface area contributed by atoms with E-state index in [1.165, 1.54) is 17.7 Å². The molecular weight excluding hydrogens is 310 g/mol. The summed E-state index contributed by atoms with van der Waals surface area (Å²) in [5.41, 5.74) is 5.69. The Morgan fingerprint density at radius 2 is 2.14 bits per heavy atom. The first kappa shape index (κ1) is 14.1. The van der Waals surface area contributed by atoms with E-state index in [9.17, 15) is 8.42 Å². The van der Waals surface area contributed by atoms with Gasteiger partial charge in [0.2, 0.25) is 10.0 Å². The van der Waals surface area contributed by atoms with Gasteiger partial charge in [-0.15, -0.1) is 11.3 Å². The second-order valence-electron chi connectivity index (χ2n) is 4.31. The fourth-order valence-corrected chi connectivity index (χ4v) is 4.87. The van der Waals surface area contributed by atoms with Crippen molar-refractivity contribution in [3.63, 3.8) is 0 Å². The van der Waals surface area contributed by atoms with Crippen LogP contribution in [0.15, 0.2) is 35.5 Å². The molecule has 110 valence electrons. The highest BCUT2D eigenvalue weighted by Gasteiger charge is 2.23. The van der Waals surface area contributed by atoms with E-state index in [1.54, 1.807) is 6.07 Å². The first-order chi connectivity index (χ1) is 10.1. The van der Waals surface area contributed by atoms with E-state index in [2.05, 4.69) is 19.9 Å². The zero-order valence-corrected chi connectivity index (χ0v) is 12.5. The summed E-state index contributed by atoms with van der Waals surface area (Å²) in [5, 5.41) is 6.98. The summed E-state index contributed by atoms with van der Waals surface area (Å²) in [6, 6.07) is 7.35. The Balaban J connectivity index is 2.01. The fraction of sp³-hybridized carbons (Fsp3) is 0.167. The average molecular weight is 323 g/mol. The summed E-state index contributed by atoms with van der Waals surface area (Å²) < 4.78 is 28.5. The summed E-state index contributed by atoms with van der Waals surface area (Å²) in [6.45, 7) is 0.231. The van der Waals surface area contributed by atoms with Gasteiger partial charge in [-0.3, -0.25) is 5.10 Å². The van der Waals surface area contributed by atoms with Gasteiger partial charge in [0.15, 0.2) is 0 Å². The SMILES string of the molecule is NCc1sc2ccccc2c1S(=O)(=O)NCc1ncn[nH]1. The topological polar surface area (TPSA) is 114 Å². The predicted molar refractivity (Wildman–Crippen MR) is 80.1 cm³/mol. The summed E-state index contributed by atoms with van der Waals surface area (Å²) in [4.78, 5) is 4.78. The number of aromatic amines is 1. The third kappa shape index (κ3) is 2.68. The molecular formula is C12H13N5O2S2. The molecule has 0 aliphatic carbocycles. The van der Waals surface area contributed by atoms with Crippen molar-refractivity contribution in [1.29, 1.82) is 0 Å². The Bertz CT molecular complexity index is 855. The number of H-pyrrole nitrogens is 1. The van der Waals surface area contributed by atoms with Crippen LogP contribution in [0.1, 0.15) is 10.7 Å². The van der Waals surface area contributed by atoms with Crippen molar-refractivity contribution in [3.8, 4) is 0 Å². The maximum atomic E-state index is 12.6. The quantitative estimate of drug-likeness (QED) is 0.647. The molecule has 3 rings (SSSR count).